The number of hydrogen-bond donors (Lipinski definition) is 0. The number of rotatable bonds is 3. The molecule has 1 heterocycles. The summed E-state index contributed by atoms with van der Waals surface area (Å²) in [5, 5.41) is 8.64. The topological polar surface area (TPSA) is 101 Å². The van der Waals surface area contributed by atoms with E-state index in [9.17, 15) is 4.79 Å². The molecular formula is C16H15ClN4O3. The van der Waals surface area contributed by atoms with Crippen molar-refractivity contribution in [2.75, 3.05) is 7.11 Å². The number of azide groups is 1. The average Bonchev–Trinajstić information content (AvgIpc) is 2.92. The highest BCUT2D eigenvalue weighted by Gasteiger charge is 2.33. The smallest absolute Gasteiger partial charge is 0.309 e. The van der Waals surface area contributed by atoms with E-state index in [4.69, 9.17) is 26.4 Å². The lowest BCUT2D eigenvalue weighted by Crippen LogP contribution is -2.17. The van der Waals surface area contributed by atoms with Gasteiger partial charge in [0.1, 0.15) is 11.5 Å². The minimum Gasteiger partial charge on any atom is -0.469 e. The first kappa shape index (κ1) is 16.4. The van der Waals surface area contributed by atoms with Crippen LogP contribution in [-0.4, -0.2) is 18.2 Å². The Morgan fingerprint density at radius 2 is 2.17 bits per heavy atom. The highest BCUT2D eigenvalue weighted by atomic mass is 35.5. The van der Waals surface area contributed by atoms with Crippen LogP contribution in [0.3, 0.4) is 0 Å². The first-order valence-corrected chi connectivity index (χ1v) is 7.88. The minimum atomic E-state index is -0.434. The van der Waals surface area contributed by atoms with Gasteiger partial charge in [-0.1, -0.05) is 34.0 Å². The van der Waals surface area contributed by atoms with Gasteiger partial charge in [0.2, 0.25) is 0 Å². The molecule has 0 fully saturated rings. The van der Waals surface area contributed by atoms with Crippen LogP contribution >= 0.6 is 11.6 Å². The maximum Gasteiger partial charge on any atom is 0.309 e. The third-order valence-corrected chi connectivity index (χ3v) is 4.45. The van der Waals surface area contributed by atoms with E-state index in [0.29, 0.717) is 35.7 Å². The summed E-state index contributed by atoms with van der Waals surface area (Å²) in [7, 11) is 1.36. The molecule has 1 aromatic carbocycles. The summed E-state index contributed by atoms with van der Waals surface area (Å²) in [6, 6.07) is 6.74. The van der Waals surface area contributed by atoms with Crippen molar-refractivity contribution in [3.8, 4) is 11.3 Å². The van der Waals surface area contributed by atoms with Crippen molar-refractivity contribution < 1.29 is 14.1 Å². The van der Waals surface area contributed by atoms with E-state index in [1.807, 2.05) is 12.1 Å². The zero-order chi connectivity index (χ0) is 17.1. The Labute approximate surface area is 143 Å². The Balaban J connectivity index is 2.06. The quantitative estimate of drug-likeness (QED) is 0.269. The van der Waals surface area contributed by atoms with E-state index < -0.39 is 6.04 Å². The monoisotopic (exact) mass is 346 g/mol. The second kappa shape index (κ2) is 6.95. The molecular weight excluding hydrogens is 332 g/mol. The van der Waals surface area contributed by atoms with E-state index in [-0.39, 0.29) is 11.9 Å². The molecule has 0 radical (unpaired) electrons. The number of methoxy groups -OCH3 is 1. The average molecular weight is 347 g/mol. The molecule has 0 spiro atoms. The van der Waals surface area contributed by atoms with Gasteiger partial charge in [0.05, 0.1) is 19.1 Å². The van der Waals surface area contributed by atoms with Crippen molar-refractivity contribution in [1.29, 1.82) is 0 Å². The fourth-order valence-corrected chi connectivity index (χ4v) is 3.14. The second-order valence-corrected chi connectivity index (χ2v) is 6.03. The molecule has 0 bridgehead atoms. The van der Waals surface area contributed by atoms with E-state index >= 15 is 0 Å². The van der Waals surface area contributed by atoms with E-state index in [1.165, 1.54) is 7.11 Å². The molecule has 0 aliphatic heterocycles. The van der Waals surface area contributed by atoms with Crippen LogP contribution < -0.4 is 0 Å². The van der Waals surface area contributed by atoms with Crippen LogP contribution in [0, 0.1) is 5.92 Å². The first-order chi connectivity index (χ1) is 11.6. The molecule has 124 valence electrons. The number of hydrogen-bond acceptors (Lipinski definition) is 5. The van der Waals surface area contributed by atoms with E-state index in [1.54, 1.807) is 12.1 Å². The number of carbonyl (C=O) groups is 1. The fraction of sp³-hybridized carbons (Fsp3) is 0.375. The Morgan fingerprint density at radius 3 is 2.83 bits per heavy atom. The molecule has 3 rings (SSSR count). The molecule has 8 heteroatoms. The van der Waals surface area contributed by atoms with Crippen LogP contribution in [0.4, 0.5) is 0 Å². The van der Waals surface area contributed by atoms with Gasteiger partial charge in [-0.2, -0.15) is 0 Å². The number of benzene rings is 1. The summed E-state index contributed by atoms with van der Waals surface area (Å²) in [6.07, 6.45) is 1.46. The lowest BCUT2D eigenvalue weighted by Gasteiger charge is -2.11. The van der Waals surface area contributed by atoms with E-state index in [0.717, 1.165) is 11.1 Å². The van der Waals surface area contributed by atoms with Crippen LogP contribution in [0.25, 0.3) is 21.7 Å². The number of esters is 1. The first-order valence-electron chi connectivity index (χ1n) is 7.50. The predicted octanol–water partition coefficient (Wildman–Crippen LogP) is 4.47. The highest BCUT2D eigenvalue weighted by Crippen LogP contribution is 2.40. The number of carbonyl (C=O) groups excluding carboxylic acids is 1. The largest absolute Gasteiger partial charge is 0.469 e. The minimum absolute atomic E-state index is 0.299. The van der Waals surface area contributed by atoms with Gasteiger partial charge in [-0.15, -0.1) is 0 Å². The molecule has 1 aromatic heterocycles. The third-order valence-electron chi connectivity index (χ3n) is 4.20. The van der Waals surface area contributed by atoms with Crippen molar-refractivity contribution >= 4 is 17.6 Å². The van der Waals surface area contributed by atoms with Gasteiger partial charge in [0.15, 0.2) is 0 Å². The number of aromatic nitrogens is 1. The van der Waals surface area contributed by atoms with Crippen molar-refractivity contribution in [3.63, 3.8) is 0 Å². The summed E-state index contributed by atoms with van der Waals surface area (Å²) in [5.74, 6) is -0.0732. The van der Waals surface area contributed by atoms with Crippen molar-refractivity contribution in [1.82, 2.24) is 5.16 Å². The normalized spacial score (nSPS) is 19.8. The van der Waals surface area contributed by atoms with Gasteiger partial charge in [-0.25, -0.2) is 0 Å². The lowest BCUT2D eigenvalue weighted by atomic mass is 9.99. The van der Waals surface area contributed by atoms with Crippen LogP contribution in [0.15, 0.2) is 33.9 Å². The number of halogens is 1. The maximum atomic E-state index is 11.9. The van der Waals surface area contributed by atoms with Crippen molar-refractivity contribution in [2.45, 2.75) is 25.3 Å². The van der Waals surface area contributed by atoms with Crippen LogP contribution in [0.1, 0.15) is 30.2 Å². The molecule has 1 aliphatic carbocycles. The fourth-order valence-electron chi connectivity index (χ4n) is 3.01. The van der Waals surface area contributed by atoms with Crippen LogP contribution in [-0.2, 0) is 16.0 Å². The summed E-state index contributed by atoms with van der Waals surface area (Å²) < 4.78 is 10.3. The summed E-state index contributed by atoms with van der Waals surface area (Å²) in [5.41, 5.74) is 11.1. The number of ether oxygens (including phenoxy) is 1. The van der Waals surface area contributed by atoms with Crippen LogP contribution in [0.5, 0.6) is 0 Å². The van der Waals surface area contributed by atoms with Gasteiger partial charge in [-0.05, 0) is 30.5 Å². The van der Waals surface area contributed by atoms with Crippen molar-refractivity contribution in [3.05, 3.63) is 51.1 Å². The Hall–Kier alpha value is -2.50. The summed E-state index contributed by atoms with van der Waals surface area (Å²) >= 11 is 5.93. The highest BCUT2D eigenvalue weighted by molar-refractivity contribution is 6.30. The second-order valence-electron chi connectivity index (χ2n) is 5.60. The standard InChI is InChI=1S/C16H15ClN4O3/c1-23-16(22)10-4-7-12(19-21-18)14-13(8-10)24-20-15(14)9-2-5-11(17)6-3-9/h2-3,5-6,10,12H,4,7-8H2,1H3. The van der Waals surface area contributed by atoms with Gasteiger partial charge in [0.25, 0.3) is 0 Å². The molecule has 0 amide bonds. The number of nitrogens with zero attached hydrogens (tertiary/aromatic N) is 4. The van der Waals surface area contributed by atoms with E-state index in [2.05, 4.69) is 15.2 Å². The predicted molar refractivity (Wildman–Crippen MR) is 87.3 cm³/mol. The zero-order valence-corrected chi connectivity index (χ0v) is 13.7. The maximum absolute atomic E-state index is 11.9. The Bertz CT molecular complexity index is 796. The Morgan fingerprint density at radius 1 is 1.42 bits per heavy atom. The van der Waals surface area contributed by atoms with Crippen molar-refractivity contribution in [2.24, 2.45) is 11.0 Å². The molecule has 24 heavy (non-hydrogen) atoms. The molecule has 0 N–H and O–H groups in total. The molecule has 0 saturated heterocycles. The van der Waals surface area contributed by atoms with Gasteiger partial charge in [0, 0.05) is 27.5 Å². The summed E-state index contributed by atoms with van der Waals surface area (Å²) in [6.45, 7) is 0. The molecule has 0 saturated carbocycles. The molecule has 2 aromatic rings. The third kappa shape index (κ3) is 3.09. The van der Waals surface area contributed by atoms with Gasteiger partial charge >= 0.3 is 5.97 Å². The zero-order valence-electron chi connectivity index (χ0n) is 13.0. The number of fused-ring (bicyclic) bond motifs is 1. The molecule has 1 aliphatic rings. The van der Waals surface area contributed by atoms with Crippen LogP contribution in [0.2, 0.25) is 5.02 Å². The lowest BCUT2D eigenvalue weighted by molar-refractivity contribution is -0.145. The molecule has 2 unspecified atom stereocenters. The molecule has 2 atom stereocenters. The van der Waals surface area contributed by atoms with Gasteiger partial charge < -0.3 is 9.26 Å². The SMILES string of the molecule is COC(=O)C1CCC(N=[N+]=[N-])c2c(-c3ccc(Cl)cc3)noc2C1. The van der Waals surface area contributed by atoms with Gasteiger partial charge in [-0.3, -0.25) is 4.79 Å². The molecule has 7 nitrogen and oxygen atoms in total. The summed E-state index contributed by atoms with van der Waals surface area (Å²) in [4.78, 5) is 14.8. The Kier molecular flexibility index (Phi) is 4.74.